The molecule has 15 heavy (non-hydrogen) atoms. The largest absolute Gasteiger partial charge is 0.328 e. The van der Waals surface area contributed by atoms with Crippen LogP contribution < -0.4 is 5.73 Å². The first kappa shape index (κ1) is 11.4. The molecule has 0 spiro atoms. The maximum Gasteiger partial charge on any atom is 0.0113 e. The van der Waals surface area contributed by atoms with Gasteiger partial charge >= 0.3 is 0 Å². The van der Waals surface area contributed by atoms with E-state index < -0.39 is 0 Å². The average molecular weight is 211 g/mol. The van der Waals surface area contributed by atoms with Crippen molar-refractivity contribution in [1.82, 2.24) is 9.80 Å². The molecule has 0 radical (unpaired) electrons. The lowest BCUT2D eigenvalue weighted by atomic mass is 10.1. The Hall–Kier alpha value is -0.120. The number of piperazine rings is 1. The van der Waals surface area contributed by atoms with Crippen molar-refractivity contribution in [3.05, 3.63) is 0 Å². The van der Waals surface area contributed by atoms with Gasteiger partial charge in [-0.2, -0.15) is 0 Å². The Labute approximate surface area is 93.6 Å². The second-order valence-electron chi connectivity index (χ2n) is 5.39. The first-order valence-electron chi connectivity index (χ1n) is 6.40. The van der Waals surface area contributed by atoms with E-state index in [2.05, 4.69) is 23.6 Å². The second-order valence-corrected chi connectivity index (χ2v) is 5.39. The third-order valence-electron chi connectivity index (χ3n) is 4.04. The van der Waals surface area contributed by atoms with Gasteiger partial charge in [0.2, 0.25) is 0 Å². The zero-order valence-corrected chi connectivity index (χ0v) is 10.2. The van der Waals surface area contributed by atoms with E-state index in [4.69, 9.17) is 5.73 Å². The van der Waals surface area contributed by atoms with E-state index in [-0.39, 0.29) is 0 Å². The van der Waals surface area contributed by atoms with Gasteiger partial charge in [0.15, 0.2) is 0 Å². The Kier molecular flexibility index (Phi) is 3.65. The molecule has 0 bridgehead atoms. The Morgan fingerprint density at radius 2 is 1.73 bits per heavy atom. The third kappa shape index (κ3) is 2.71. The maximum atomic E-state index is 5.97. The molecule has 0 aromatic carbocycles. The minimum atomic E-state index is 0.470. The van der Waals surface area contributed by atoms with Crippen LogP contribution in [0.15, 0.2) is 0 Å². The number of rotatable bonds is 2. The zero-order chi connectivity index (χ0) is 10.8. The van der Waals surface area contributed by atoms with E-state index in [1.807, 2.05) is 0 Å². The van der Waals surface area contributed by atoms with Gasteiger partial charge in [-0.25, -0.2) is 0 Å². The van der Waals surface area contributed by atoms with Gasteiger partial charge in [0.1, 0.15) is 0 Å². The molecular formula is C12H25N3. The standard InChI is InChI=1S/C12H25N3/c1-10(2)14-5-7-15(8-6-14)12-4-3-11(13)9-12/h10-12H,3-9,13H2,1-2H3. The summed E-state index contributed by atoms with van der Waals surface area (Å²) in [5.41, 5.74) is 5.97. The molecule has 0 aromatic heterocycles. The Bertz CT molecular complexity index is 197. The molecule has 1 saturated heterocycles. The summed E-state index contributed by atoms with van der Waals surface area (Å²) >= 11 is 0. The molecule has 2 aliphatic rings. The average Bonchev–Trinajstić information content (AvgIpc) is 2.65. The summed E-state index contributed by atoms with van der Waals surface area (Å²) in [6, 6.07) is 1.96. The Morgan fingerprint density at radius 1 is 1.07 bits per heavy atom. The van der Waals surface area contributed by atoms with Crippen molar-refractivity contribution < 1.29 is 0 Å². The summed E-state index contributed by atoms with van der Waals surface area (Å²) < 4.78 is 0. The normalized spacial score (nSPS) is 35.2. The van der Waals surface area contributed by atoms with Gasteiger partial charge in [-0.3, -0.25) is 9.80 Å². The van der Waals surface area contributed by atoms with Crippen LogP contribution in [0, 0.1) is 0 Å². The molecule has 1 aliphatic heterocycles. The predicted octanol–water partition coefficient (Wildman–Crippen LogP) is 0.892. The lowest BCUT2D eigenvalue weighted by molar-refractivity contribution is 0.0795. The summed E-state index contributed by atoms with van der Waals surface area (Å²) in [6.45, 7) is 9.56. The van der Waals surface area contributed by atoms with Crippen LogP contribution in [-0.2, 0) is 0 Å². The zero-order valence-electron chi connectivity index (χ0n) is 10.2. The molecule has 0 amide bonds. The fraction of sp³-hybridized carbons (Fsp3) is 1.00. The van der Waals surface area contributed by atoms with Crippen LogP contribution in [0.5, 0.6) is 0 Å². The maximum absolute atomic E-state index is 5.97. The molecule has 1 aliphatic carbocycles. The number of nitrogens with two attached hydrogens (primary N) is 1. The molecule has 2 rings (SSSR count). The fourth-order valence-corrected chi connectivity index (χ4v) is 2.94. The van der Waals surface area contributed by atoms with Gasteiger partial charge in [-0.15, -0.1) is 0 Å². The summed E-state index contributed by atoms with van der Waals surface area (Å²) in [6.07, 6.45) is 3.78. The highest BCUT2D eigenvalue weighted by Gasteiger charge is 2.29. The lowest BCUT2D eigenvalue weighted by Crippen LogP contribution is -2.51. The van der Waals surface area contributed by atoms with E-state index in [1.165, 1.54) is 45.4 Å². The van der Waals surface area contributed by atoms with Crippen molar-refractivity contribution in [2.45, 2.75) is 51.2 Å². The monoisotopic (exact) mass is 211 g/mol. The third-order valence-corrected chi connectivity index (χ3v) is 4.04. The van der Waals surface area contributed by atoms with E-state index in [9.17, 15) is 0 Å². The van der Waals surface area contributed by atoms with Crippen LogP contribution in [0.2, 0.25) is 0 Å². The van der Waals surface area contributed by atoms with Crippen molar-refractivity contribution in [3.8, 4) is 0 Å². The van der Waals surface area contributed by atoms with E-state index in [1.54, 1.807) is 0 Å². The first-order chi connectivity index (χ1) is 7.16. The van der Waals surface area contributed by atoms with Gasteiger partial charge in [0.25, 0.3) is 0 Å². The smallest absolute Gasteiger partial charge is 0.0113 e. The highest BCUT2D eigenvalue weighted by molar-refractivity contribution is 4.87. The van der Waals surface area contributed by atoms with E-state index in [0.29, 0.717) is 12.1 Å². The Morgan fingerprint density at radius 3 is 2.20 bits per heavy atom. The molecule has 2 N–H and O–H groups in total. The van der Waals surface area contributed by atoms with Gasteiger partial charge in [0, 0.05) is 44.3 Å². The molecule has 2 atom stereocenters. The van der Waals surface area contributed by atoms with Crippen molar-refractivity contribution in [2.24, 2.45) is 5.73 Å². The Balaban J connectivity index is 1.78. The molecule has 88 valence electrons. The highest BCUT2D eigenvalue weighted by Crippen LogP contribution is 2.24. The minimum absolute atomic E-state index is 0.470. The first-order valence-corrected chi connectivity index (χ1v) is 6.40. The van der Waals surface area contributed by atoms with Gasteiger partial charge < -0.3 is 5.73 Å². The van der Waals surface area contributed by atoms with Crippen molar-refractivity contribution in [3.63, 3.8) is 0 Å². The molecule has 2 fully saturated rings. The number of hydrogen-bond donors (Lipinski definition) is 1. The summed E-state index contributed by atoms with van der Waals surface area (Å²) in [7, 11) is 0. The minimum Gasteiger partial charge on any atom is -0.328 e. The van der Waals surface area contributed by atoms with Crippen LogP contribution in [0.1, 0.15) is 33.1 Å². The summed E-state index contributed by atoms with van der Waals surface area (Å²) in [5.74, 6) is 0. The van der Waals surface area contributed by atoms with Crippen LogP contribution in [0.4, 0.5) is 0 Å². The van der Waals surface area contributed by atoms with Crippen LogP contribution in [-0.4, -0.2) is 54.1 Å². The van der Waals surface area contributed by atoms with Gasteiger partial charge in [0.05, 0.1) is 0 Å². The lowest BCUT2D eigenvalue weighted by Gasteiger charge is -2.39. The molecule has 3 nitrogen and oxygen atoms in total. The predicted molar refractivity (Wildman–Crippen MR) is 63.9 cm³/mol. The molecule has 1 heterocycles. The topological polar surface area (TPSA) is 32.5 Å². The van der Waals surface area contributed by atoms with E-state index in [0.717, 1.165) is 6.04 Å². The molecule has 0 aromatic rings. The fourth-order valence-electron chi connectivity index (χ4n) is 2.94. The summed E-state index contributed by atoms with van der Waals surface area (Å²) in [5, 5.41) is 0. The molecular weight excluding hydrogens is 186 g/mol. The van der Waals surface area contributed by atoms with E-state index >= 15 is 0 Å². The van der Waals surface area contributed by atoms with Crippen molar-refractivity contribution in [1.29, 1.82) is 0 Å². The second kappa shape index (κ2) is 4.81. The molecule has 3 heteroatoms. The van der Waals surface area contributed by atoms with Crippen LogP contribution >= 0.6 is 0 Å². The number of nitrogens with zero attached hydrogens (tertiary/aromatic N) is 2. The van der Waals surface area contributed by atoms with Crippen molar-refractivity contribution in [2.75, 3.05) is 26.2 Å². The summed E-state index contributed by atoms with van der Waals surface area (Å²) in [4.78, 5) is 5.23. The quantitative estimate of drug-likeness (QED) is 0.736. The highest BCUT2D eigenvalue weighted by atomic mass is 15.3. The van der Waals surface area contributed by atoms with Crippen LogP contribution in [0.25, 0.3) is 0 Å². The molecule has 1 saturated carbocycles. The SMILES string of the molecule is CC(C)N1CCN(C2CCC(N)C2)CC1. The van der Waals surface area contributed by atoms with Gasteiger partial charge in [-0.05, 0) is 33.1 Å². The van der Waals surface area contributed by atoms with Gasteiger partial charge in [-0.1, -0.05) is 0 Å². The number of hydrogen-bond acceptors (Lipinski definition) is 3. The van der Waals surface area contributed by atoms with Crippen LogP contribution in [0.3, 0.4) is 0 Å². The molecule has 2 unspecified atom stereocenters. The van der Waals surface area contributed by atoms with Crippen molar-refractivity contribution >= 4 is 0 Å².